The Balaban J connectivity index is 0.000000249. The zero-order chi connectivity index (χ0) is 65.7. The number of aromatic amines is 1. The first kappa shape index (κ1) is 75.7. The van der Waals surface area contributed by atoms with Crippen LogP contribution in [0.15, 0.2) is 170 Å². The number of aryl methyl sites for hydroxylation is 3. The van der Waals surface area contributed by atoms with Gasteiger partial charge in [-0.15, -0.1) is 34.0 Å². The van der Waals surface area contributed by atoms with Crippen molar-refractivity contribution in [2.24, 2.45) is 10.9 Å². The van der Waals surface area contributed by atoms with E-state index in [0.29, 0.717) is 28.1 Å². The summed E-state index contributed by atoms with van der Waals surface area (Å²) in [6.45, 7) is 2.88. The Labute approximate surface area is 547 Å². The molecule has 10 rings (SSSR count). The molecule has 16 nitrogen and oxygen atoms in total. The van der Waals surface area contributed by atoms with Crippen LogP contribution in [-0.2, 0) is 30.1 Å². The van der Waals surface area contributed by atoms with Crippen molar-refractivity contribution in [2.45, 2.75) is 95.5 Å². The molecule has 32 heteroatoms. The van der Waals surface area contributed by atoms with E-state index in [9.17, 15) is 69.6 Å². The van der Waals surface area contributed by atoms with E-state index in [-0.39, 0.29) is 73.8 Å². The number of H-pyrrole nitrogens is 1. The van der Waals surface area contributed by atoms with E-state index >= 15 is 0 Å². The zero-order valence-electron chi connectivity index (χ0n) is 46.9. The number of hydrogen-bond donors (Lipinski definition) is 3. The van der Waals surface area contributed by atoms with Crippen LogP contribution in [0.5, 0.6) is 0 Å². The van der Waals surface area contributed by atoms with Crippen molar-refractivity contribution in [3.63, 3.8) is 0 Å². The number of oxime groups is 1. The minimum atomic E-state index is -4.52. The molecule has 0 aliphatic carbocycles. The van der Waals surface area contributed by atoms with Crippen LogP contribution in [0.4, 0.5) is 54.5 Å². The molecule has 498 valence electrons. The zero-order valence-corrected chi connectivity index (χ0v) is 52.6. The number of thiophene rings is 3. The van der Waals surface area contributed by atoms with E-state index in [2.05, 4.69) is 14.5 Å². The SMILES string of the molecule is C.C.C.Cc1c(N(CCC(F)(F)F)S(=O)(=O)c2ccc(-c3nsc(=O)[nH]3)cc2)sc2ccccc12.Cc1c(N(CCC(F)(F)F)S(=O)(=O)c2ccc(C#N)cc2)sc2ccccc12.Cc1c(N(CCC(F)(F)F)S(=O)(=O)c2ccc(C(N)=NO)cc2)sc2ccccc12. The maximum Gasteiger partial charge on any atom is 0.390 e. The summed E-state index contributed by atoms with van der Waals surface area (Å²) >= 11 is 4.13. The largest absolute Gasteiger partial charge is 0.409 e. The molecule has 0 aliphatic heterocycles. The number of anilines is 3. The monoisotopic (exact) mass is 1430 g/mol. The summed E-state index contributed by atoms with van der Waals surface area (Å²) in [7, 11) is -12.8. The second-order valence-electron chi connectivity index (χ2n) is 19.5. The average Bonchev–Trinajstić information content (AvgIpc) is 1.70. The minimum absolute atomic E-state index is 0. The Bertz CT molecular complexity index is 4700. The van der Waals surface area contributed by atoms with Crippen LogP contribution in [0.1, 0.15) is 69.4 Å². The molecule has 0 atom stereocenters. The number of alkyl halides is 9. The number of nitrogens with zero attached hydrogens (tertiary/aromatic N) is 6. The molecule has 0 amide bonds. The third-order valence-electron chi connectivity index (χ3n) is 13.5. The molecule has 0 fully saturated rings. The fraction of sp³-hybridized carbons (Fsp3) is 0.246. The number of nitrogens with one attached hydrogen (secondary N) is 1. The van der Waals surface area contributed by atoms with Gasteiger partial charge in [-0.25, -0.2) is 25.3 Å². The molecule has 0 aliphatic rings. The lowest BCUT2D eigenvalue weighted by atomic mass is 10.2. The number of halogens is 9. The molecular formula is C61H61F9N8O8S7. The van der Waals surface area contributed by atoms with Gasteiger partial charge in [0.2, 0.25) is 0 Å². The number of sulfonamides is 3. The fourth-order valence-corrected chi connectivity index (χ4v) is 18.3. The van der Waals surface area contributed by atoms with Gasteiger partial charge in [-0.3, -0.25) is 22.7 Å². The van der Waals surface area contributed by atoms with Crippen LogP contribution < -0.4 is 23.5 Å². The van der Waals surface area contributed by atoms with Crippen LogP contribution in [0.25, 0.3) is 41.6 Å². The first-order valence-corrected chi connectivity index (χ1v) is 33.8. The van der Waals surface area contributed by atoms with Gasteiger partial charge < -0.3 is 10.9 Å². The minimum Gasteiger partial charge on any atom is -0.409 e. The molecule has 0 bridgehead atoms. The van der Waals surface area contributed by atoms with E-state index in [4.69, 9.17) is 16.2 Å². The Morgan fingerprint density at radius 2 is 0.849 bits per heavy atom. The molecule has 93 heavy (non-hydrogen) atoms. The van der Waals surface area contributed by atoms with Crippen LogP contribution in [0.3, 0.4) is 0 Å². The highest BCUT2D eigenvalue weighted by Gasteiger charge is 2.37. The van der Waals surface area contributed by atoms with Gasteiger partial charge in [-0.2, -0.15) is 49.1 Å². The van der Waals surface area contributed by atoms with Crippen molar-refractivity contribution in [2.75, 3.05) is 32.5 Å². The molecule has 4 N–H and O–H groups in total. The van der Waals surface area contributed by atoms with Crippen molar-refractivity contribution >= 4 is 127 Å². The molecule has 6 aromatic carbocycles. The molecule has 0 saturated carbocycles. The van der Waals surface area contributed by atoms with Gasteiger partial charge >= 0.3 is 23.4 Å². The summed E-state index contributed by atoms with van der Waals surface area (Å²) in [6, 6.07) is 39.1. The number of nitrogens with two attached hydrogens (primary N) is 1. The van der Waals surface area contributed by atoms with Gasteiger partial charge in [-0.1, -0.05) is 82.0 Å². The number of rotatable bonds is 17. The predicted octanol–water partition coefficient (Wildman–Crippen LogP) is 16.8. The Morgan fingerprint density at radius 1 is 0.538 bits per heavy atom. The first-order chi connectivity index (χ1) is 42.2. The van der Waals surface area contributed by atoms with Crippen LogP contribution in [-0.4, -0.2) is 83.8 Å². The van der Waals surface area contributed by atoms with Crippen LogP contribution in [0, 0.1) is 32.1 Å². The van der Waals surface area contributed by atoms with Crippen molar-refractivity contribution in [1.82, 2.24) is 9.36 Å². The number of fused-ring (bicyclic) bond motifs is 3. The van der Waals surface area contributed by atoms with E-state index in [1.54, 1.807) is 87.5 Å². The Morgan fingerprint density at radius 3 is 1.13 bits per heavy atom. The number of nitriles is 1. The smallest absolute Gasteiger partial charge is 0.390 e. The van der Waals surface area contributed by atoms with Crippen molar-refractivity contribution in [1.29, 1.82) is 5.26 Å². The number of hydrogen-bond acceptors (Lipinski definition) is 15. The number of aromatic nitrogens is 2. The highest BCUT2D eigenvalue weighted by molar-refractivity contribution is 7.93. The first-order valence-electron chi connectivity index (χ1n) is 26.2. The molecule has 0 unspecified atom stereocenters. The maximum absolute atomic E-state index is 13.4. The van der Waals surface area contributed by atoms with Gasteiger partial charge in [0.1, 0.15) is 15.0 Å². The highest BCUT2D eigenvalue weighted by Crippen LogP contribution is 2.44. The summed E-state index contributed by atoms with van der Waals surface area (Å²) in [5.74, 6) is 0.0754. The second kappa shape index (κ2) is 30.3. The lowest BCUT2D eigenvalue weighted by Gasteiger charge is -2.24. The van der Waals surface area contributed by atoms with Crippen molar-refractivity contribution in [3.8, 4) is 17.5 Å². The second-order valence-corrected chi connectivity index (χ2v) is 28.9. The van der Waals surface area contributed by atoms with E-state index < -0.39 is 87.5 Å². The van der Waals surface area contributed by atoms with Crippen LogP contribution in [0.2, 0.25) is 0 Å². The van der Waals surface area contributed by atoms with Gasteiger partial charge in [0.25, 0.3) is 30.1 Å². The number of benzene rings is 6. The van der Waals surface area contributed by atoms with E-state index in [1.165, 1.54) is 72.8 Å². The molecule has 0 spiro atoms. The number of amidine groups is 1. The van der Waals surface area contributed by atoms with Crippen LogP contribution >= 0.6 is 45.5 Å². The van der Waals surface area contributed by atoms with Crippen molar-refractivity contribution in [3.05, 3.63) is 183 Å². The standard InChI is InChI=1S/C20H16F3N3O3S3.C19H18F3N3O3S2.C19H15F3N2O2S2.3CH4/c1-12-15-4-2-3-5-16(15)30-18(12)26(11-10-20(21,22)23)32(28,29)14-8-6-13(7-9-14)17-24-19(27)31-25-17;1-12-15-4-2-3-5-16(15)29-18(12)25(11-10-19(20,21)22)30(27,28)14-8-6-13(7-9-14)17(23)24-26;1-13-16-4-2-3-5-17(16)27-18(13)24(11-10-19(20,21)22)28(25,26)15-8-6-14(12-23)7-9-15;;;/h2-9H,10-11H2,1H3,(H,24,25,27);2-9,26H,10-11H2,1H3,(H2,23,24);2-9H,10-11H2,1H3;3*1H4. The quantitative estimate of drug-likeness (QED) is 0.0255. The molecule has 4 heterocycles. The predicted molar refractivity (Wildman–Crippen MR) is 354 cm³/mol. The Hall–Kier alpha value is -8.06. The fourth-order valence-electron chi connectivity index (χ4n) is 8.95. The molecule has 0 saturated heterocycles. The topological polar surface area (TPSA) is 240 Å². The van der Waals surface area contributed by atoms with E-state index in [0.717, 1.165) is 88.7 Å². The maximum atomic E-state index is 13.4. The van der Waals surface area contributed by atoms with Gasteiger partial charge in [0.05, 0.1) is 45.6 Å². The highest BCUT2D eigenvalue weighted by atomic mass is 32.2. The normalized spacial score (nSPS) is 12.1. The molecule has 4 aromatic heterocycles. The van der Waals surface area contributed by atoms with Crippen molar-refractivity contribution < 1.29 is 70.0 Å². The summed E-state index contributed by atoms with van der Waals surface area (Å²) in [6.07, 6.45) is -17.4. The lowest BCUT2D eigenvalue weighted by molar-refractivity contribution is -0.132. The van der Waals surface area contributed by atoms with E-state index in [1.807, 2.05) is 12.1 Å². The third kappa shape index (κ3) is 17.8. The van der Waals surface area contributed by atoms with Gasteiger partial charge in [0.15, 0.2) is 11.7 Å². The van der Waals surface area contributed by atoms with Gasteiger partial charge in [-0.05, 0) is 145 Å². The summed E-state index contributed by atoms with van der Waals surface area (Å²) in [5.41, 5.74) is 8.31. The average molecular weight is 1430 g/mol. The molecule has 0 radical (unpaired) electrons. The molecule has 10 aromatic rings. The summed E-state index contributed by atoms with van der Waals surface area (Å²) < 4.78 is 205. The Kier molecular flexibility index (Phi) is 24.7. The van der Waals surface area contributed by atoms with Gasteiger partial charge in [0, 0.05) is 56.4 Å². The summed E-state index contributed by atoms with van der Waals surface area (Å²) in [5, 5.41) is 23.6. The summed E-state index contributed by atoms with van der Waals surface area (Å²) in [4.78, 5) is 13.0. The lowest BCUT2D eigenvalue weighted by Crippen LogP contribution is -2.34. The third-order valence-corrected chi connectivity index (χ3v) is 23.7. The molecular weight excluding hydrogens is 1370 g/mol.